The van der Waals surface area contributed by atoms with Gasteiger partial charge in [-0.3, -0.25) is 0 Å². The standard InChI is InChI=1S/C12H13N3O2/c16-9-5-2-1-4-8(9)12-13-10-6-3-7-11(17)15(10)14-12/h1-2,4-5,11,16-17H,3,6-7H2. The number of aliphatic hydroxyl groups excluding tert-OH is 1. The zero-order valence-corrected chi connectivity index (χ0v) is 9.24. The third kappa shape index (κ3) is 1.68. The van der Waals surface area contributed by atoms with Gasteiger partial charge in [-0.05, 0) is 25.0 Å². The molecular weight excluding hydrogens is 218 g/mol. The number of aromatic nitrogens is 3. The van der Waals surface area contributed by atoms with Crippen molar-refractivity contribution in [3.63, 3.8) is 0 Å². The molecule has 88 valence electrons. The highest BCUT2D eigenvalue weighted by Gasteiger charge is 2.22. The summed E-state index contributed by atoms with van der Waals surface area (Å²) in [6.45, 7) is 0. The summed E-state index contributed by atoms with van der Waals surface area (Å²) in [6.07, 6.45) is 1.85. The van der Waals surface area contributed by atoms with Crippen molar-refractivity contribution in [2.75, 3.05) is 0 Å². The van der Waals surface area contributed by atoms with Crippen molar-refractivity contribution in [2.45, 2.75) is 25.5 Å². The molecular formula is C12H13N3O2. The number of fused-ring (bicyclic) bond motifs is 1. The van der Waals surface area contributed by atoms with E-state index in [0.29, 0.717) is 17.8 Å². The lowest BCUT2D eigenvalue weighted by atomic mass is 10.1. The molecule has 1 aromatic heterocycles. The number of phenols is 1. The van der Waals surface area contributed by atoms with Gasteiger partial charge in [-0.15, -0.1) is 5.10 Å². The topological polar surface area (TPSA) is 71.2 Å². The van der Waals surface area contributed by atoms with Crippen LogP contribution in [0.1, 0.15) is 24.9 Å². The van der Waals surface area contributed by atoms with Crippen molar-refractivity contribution in [3.8, 4) is 17.1 Å². The third-order valence-electron chi connectivity index (χ3n) is 2.99. The quantitative estimate of drug-likeness (QED) is 0.779. The van der Waals surface area contributed by atoms with Gasteiger partial charge in [0, 0.05) is 6.42 Å². The Bertz CT molecular complexity index is 550. The normalized spacial score (nSPS) is 19.0. The van der Waals surface area contributed by atoms with Crippen molar-refractivity contribution in [2.24, 2.45) is 0 Å². The second-order valence-electron chi connectivity index (χ2n) is 4.19. The van der Waals surface area contributed by atoms with Crippen molar-refractivity contribution >= 4 is 0 Å². The van der Waals surface area contributed by atoms with Gasteiger partial charge in [0.2, 0.25) is 0 Å². The molecule has 5 heteroatoms. The predicted molar refractivity (Wildman–Crippen MR) is 61.3 cm³/mol. The van der Waals surface area contributed by atoms with E-state index in [1.165, 1.54) is 0 Å². The first-order valence-electron chi connectivity index (χ1n) is 5.67. The fourth-order valence-electron chi connectivity index (χ4n) is 2.11. The number of benzene rings is 1. The molecule has 0 aliphatic carbocycles. The molecule has 2 aromatic rings. The Hall–Kier alpha value is -1.88. The van der Waals surface area contributed by atoms with Gasteiger partial charge in [0.1, 0.15) is 17.8 Å². The Morgan fingerprint density at radius 2 is 2.12 bits per heavy atom. The number of aliphatic hydroxyl groups is 1. The molecule has 0 amide bonds. The van der Waals surface area contributed by atoms with E-state index in [1.54, 1.807) is 22.9 Å². The molecule has 1 aliphatic heterocycles. The number of hydrogen-bond acceptors (Lipinski definition) is 4. The average Bonchev–Trinajstić information content (AvgIpc) is 2.75. The van der Waals surface area contributed by atoms with E-state index in [9.17, 15) is 10.2 Å². The lowest BCUT2D eigenvalue weighted by Crippen LogP contribution is -2.18. The summed E-state index contributed by atoms with van der Waals surface area (Å²) in [5.41, 5.74) is 0.599. The van der Waals surface area contributed by atoms with Crippen LogP contribution in [0.5, 0.6) is 5.75 Å². The second kappa shape index (κ2) is 3.85. The molecule has 2 heterocycles. The summed E-state index contributed by atoms with van der Waals surface area (Å²) in [5, 5.41) is 23.8. The summed E-state index contributed by atoms with van der Waals surface area (Å²) in [4.78, 5) is 4.36. The summed E-state index contributed by atoms with van der Waals surface area (Å²) < 4.78 is 1.55. The van der Waals surface area contributed by atoms with E-state index in [1.807, 2.05) is 6.07 Å². The van der Waals surface area contributed by atoms with E-state index >= 15 is 0 Å². The van der Waals surface area contributed by atoms with Crippen LogP contribution < -0.4 is 0 Å². The molecule has 0 fully saturated rings. The number of aromatic hydroxyl groups is 1. The largest absolute Gasteiger partial charge is 0.507 e. The van der Waals surface area contributed by atoms with Crippen LogP contribution in [0.25, 0.3) is 11.4 Å². The second-order valence-corrected chi connectivity index (χ2v) is 4.19. The van der Waals surface area contributed by atoms with Gasteiger partial charge < -0.3 is 10.2 Å². The van der Waals surface area contributed by atoms with E-state index < -0.39 is 6.23 Å². The molecule has 0 radical (unpaired) electrons. The monoisotopic (exact) mass is 231 g/mol. The van der Waals surface area contributed by atoms with E-state index in [2.05, 4.69) is 10.1 Å². The number of para-hydroxylation sites is 1. The average molecular weight is 231 g/mol. The SMILES string of the molecule is Oc1ccccc1-c1nc2n(n1)C(O)CCC2. The zero-order valence-electron chi connectivity index (χ0n) is 9.24. The van der Waals surface area contributed by atoms with Gasteiger partial charge in [-0.2, -0.15) is 0 Å². The molecule has 0 saturated carbocycles. The summed E-state index contributed by atoms with van der Waals surface area (Å²) in [5.74, 6) is 1.41. The Morgan fingerprint density at radius 3 is 2.88 bits per heavy atom. The minimum Gasteiger partial charge on any atom is -0.507 e. The smallest absolute Gasteiger partial charge is 0.185 e. The van der Waals surface area contributed by atoms with Gasteiger partial charge in [0.25, 0.3) is 0 Å². The lowest BCUT2D eigenvalue weighted by molar-refractivity contribution is 0.0648. The van der Waals surface area contributed by atoms with Crippen molar-refractivity contribution in [1.29, 1.82) is 0 Å². The highest BCUT2D eigenvalue weighted by Crippen LogP contribution is 2.29. The number of phenolic OH excluding ortho intramolecular Hbond substituents is 1. The Balaban J connectivity index is 2.08. The van der Waals surface area contributed by atoms with Gasteiger partial charge in [0.05, 0.1) is 5.56 Å². The van der Waals surface area contributed by atoms with Crippen LogP contribution >= 0.6 is 0 Å². The molecule has 0 spiro atoms. The maximum absolute atomic E-state index is 9.79. The van der Waals surface area contributed by atoms with Gasteiger partial charge in [0.15, 0.2) is 5.82 Å². The van der Waals surface area contributed by atoms with Gasteiger partial charge >= 0.3 is 0 Å². The van der Waals surface area contributed by atoms with Crippen LogP contribution in [0.15, 0.2) is 24.3 Å². The van der Waals surface area contributed by atoms with E-state index in [-0.39, 0.29) is 5.75 Å². The zero-order chi connectivity index (χ0) is 11.8. The van der Waals surface area contributed by atoms with Crippen LogP contribution in [0.2, 0.25) is 0 Å². The first-order chi connectivity index (χ1) is 8.25. The molecule has 2 N–H and O–H groups in total. The first-order valence-corrected chi connectivity index (χ1v) is 5.67. The van der Waals surface area contributed by atoms with Crippen LogP contribution in [-0.4, -0.2) is 25.0 Å². The Labute approximate surface area is 98.4 Å². The Morgan fingerprint density at radius 1 is 1.29 bits per heavy atom. The number of nitrogens with zero attached hydrogens (tertiary/aromatic N) is 3. The van der Waals surface area contributed by atoms with E-state index in [4.69, 9.17) is 0 Å². The minimum absolute atomic E-state index is 0.157. The van der Waals surface area contributed by atoms with Crippen LogP contribution in [0.4, 0.5) is 0 Å². The fraction of sp³-hybridized carbons (Fsp3) is 0.333. The maximum Gasteiger partial charge on any atom is 0.185 e. The van der Waals surface area contributed by atoms with Crippen molar-refractivity contribution in [3.05, 3.63) is 30.1 Å². The highest BCUT2D eigenvalue weighted by molar-refractivity contribution is 5.63. The molecule has 0 saturated heterocycles. The third-order valence-corrected chi connectivity index (χ3v) is 2.99. The fourth-order valence-corrected chi connectivity index (χ4v) is 2.11. The first kappa shape index (κ1) is 10.3. The van der Waals surface area contributed by atoms with Gasteiger partial charge in [-0.25, -0.2) is 9.67 Å². The number of hydrogen-bond donors (Lipinski definition) is 2. The van der Waals surface area contributed by atoms with E-state index in [0.717, 1.165) is 18.7 Å². The summed E-state index contributed by atoms with van der Waals surface area (Å²) >= 11 is 0. The number of aryl methyl sites for hydroxylation is 1. The van der Waals surface area contributed by atoms with Crippen LogP contribution in [-0.2, 0) is 6.42 Å². The molecule has 1 atom stereocenters. The molecule has 1 aliphatic rings. The van der Waals surface area contributed by atoms with Crippen molar-refractivity contribution < 1.29 is 10.2 Å². The highest BCUT2D eigenvalue weighted by atomic mass is 16.3. The van der Waals surface area contributed by atoms with Gasteiger partial charge in [-0.1, -0.05) is 12.1 Å². The van der Waals surface area contributed by atoms with Crippen molar-refractivity contribution in [1.82, 2.24) is 14.8 Å². The molecule has 5 nitrogen and oxygen atoms in total. The lowest BCUT2D eigenvalue weighted by Gasteiger charge is -2.17. The molecule has 3 rings (SSSR count). The molecule has 0 bridgehead atoms. The summed E-state index contributed by atoms with van der Waals surface area (Å²) in [6, 6.07) is 6.95. The Kier molecular flexibility index (Phi) is 2.33. The van der Waals surface area contributed by atoms with Crippen LogP contribution in [0.3, 0.4) is 0 Å². The summed E-state index contributed by atoms with van der Waals surface area (Å²) in [7, 11) is 0. The molecule has 1 unspecified atom stereocenters. The maximum atomic E-state index is 9.79. The van der Waals surface area contributed by atoms with Crippen LogP contribution in [0, 0.1) is 0 Å². The molecule has 1 aromatic carbocycles. The molecule has 17 heavy (non-hydrogen) atoms. The number of rotatable bonds is 1. The predicted octanol–water partition coefficient (Wildman–Crippen LogP) is 1.48. The minimum atomic E-state index is -0.592.